The van der Waals surface area contributed by atoms with Crippen LogP contribution >= 0.6 is 0 Å². The summed E-state index contributed by atoms with van der Waals surface area (Å²) in [5, 5.41) is 0. The predicted octanol–water partition coefficient (Wildman–Crippen LogP) is 2.04. The number of nitrogens with zero attached hydrogens (tertiary/aromatic N) is 5. The maximum atomic E-state index is 12.9. The fourth-order valence-corrected chi connectivity index (χ4v) is 3.77. The molecule has 0 aliphatic carbocycles. The molecule has 0 radical (unpaired) electrons. The van der Waals surface area contributed by atoms with Gasteiger partial charge in [0.15, 0.2) is 0 Å². The zero-order chi connectivity index (χ0) is 19.5. The molecule has 3 aromatic heterocycles. The van der Waals surface area contributed by atoms with E-state index in [0.29, 0.717) is 12.1 Å². The highest BCUT2D eigenvalue weighted by Gasteiger charge is 2.28. The maximum absolute atomic E-state index is 12.9. The lowest BCUT2D eigenvalue weighted by atomic mass is 9.96. The molecule has 3 aromatic rings. The molecular formula is C21H23N5O2. The van der Waals surface area contributed by atoms with Crippen molar-refractivity contribution in [3.05, 3.63) is 82.6 Å². The molecule has 0 unspecified atom stereocenters. The third-order valence-electron chi connectivity index (χ3n) is 5.26. The molecule has 1 saturated heterocycles. The average Bonchev–Trinajstić information content (AvgIpc) is 3.18. The Labute approximate surface area is 163 Å². The van der Waals surface area contributed by atoms with Crippen molar-refractivity contribution in [1.82, 2.24) is 24.0 Å². The van der Waals surface area contributed by atoms with Crippen LogP contribution in [-0.2, 0) is 13.6 Å². The molecule has 1 fully saturated rings. The number of carbonyl (C=O) groups excluding carboxylic acids is 1. The Hall–Kier alpha value is -3.22. The van der Waals surface area contributed by atoms with Gasteiger partial charge >= 0.3 is 0 Å². The average molecular weight is 377 g/mol. The van der Waals surface area contributed by atoms with Crippen molar-refractivity contribution in [2.45, 2.75) is 25.3 Å². The predicted molar refractivity (Wildman–Crippen MR) is 105 cm³/mol. The first kappa shape index (κ1) is 18.2. The zero-order valence-electron chi connectivity index (χ0n) is 15.9. The van der Waals surface area contributed by atoms with Gasteiger partial charge in [-0.05, 0) is 36.6 Å². The standard InChI is InChI=1S/C21H23N5O2/c1-24-14-18(4-5-19(24)27)21(28)26-11-2-3-17(15-26)20-23-10-12-25(20)13-16-6-8-22-9-7-16/h4-10,12,14,17H,2-3,11,13,15H2,1H3/t17-/m0/s1. The van der Waals surface area contributed by atoms with Crippen LogP contribution in [0.5, 0.6) is 0 Å². The monoisotopic (exact) mass is 377 g/mol. The number of piperidine rings is 1. The van der Waals surface area contributed by atoms with E-state index in [4.69, 9.17) is 0 Å². The van der Waals surface area contributed by atoms with Crippen LogP contribution in [0.3, 0.4) is 0 Å². The minimum Gasteiger partial charge on any atom is -0.338 e. The van der Waals surface area contributed by atoms with Crippen molar-refractivity contribution in [2.75, 3.05) is 13.1 Å². The number of likely N-dealkylation sites (tertiary alicyclic amines) is 1. The molecule has 0 saturated carbocycles. The second kappa shape index (κ2) is 7.80. The number of hydrogen-bond acceptors (Lipinski definition) is 4. The summed E-state index contributed by atoms with van der Waals surface area (Å²) in [4.78, 5) is 35.1. The number of aromatic nitrogens is 4. The number of pyridine rings is 2. The van der Waals surface area contributed by atoms with Gasteiger partial charge < -0.3 is 14.0 Å². The first-order valence-corrected chi connectivity index (χ1v) is 9.48. The summed E-state index contributed by atoms with van der Waals surface area (Å²) in [7, 11) is 1.66. The van der Waals surface area contributed by atoms with E-state index in [-0.39, 0.29) is 17.4 Å². The second-order valence-electron chi connectivity index (χ2n) is 7.23. The summed E-state index contributed by atoms with van der Waals surface area (Å²) in [6, 6.07) is 7.05. The SMILES string of the molecule is Cn1cc(C(=O)N2CCC[C@H](c3nccn3Cc3ccncc3)C2)ccc1=O. The van der Waals surface area contributed by atoms with Crippen molar-refractivity contribution < 1.29 is 4.79 Å². The highest BCUT2D eigenvalue weighted by molar-refractivity contribution is 5.94. The van der Waals surface area contributed by atoms with Crippen LogP contribution in [0, 0.1) is 0 Å². The van der Waals surface area contributed by atoms with E-state index in [1.165, 1.54) is 16.2 Å². The third-order valence-corrected chi connectivity index (χ3v) is 5.26. The van der Waals surface area contributed by atoms with Crippen LogP contribution in [0.4, 0.5) is 0 Å². The van der Waals surface area contributed by atoms with E-state index in [1.807, 2.05) is 29.4 Å². The van der Waals surface area contributed by atoms with Crippen molar-refractivity contribution in [1.29, 1.82) is 0 Å². The summed E-state index contributed by atoms with van der Waals surface area (Å²) < 4.78 is 3.59. The Morgan fingerprint density at radius 1 is 1.18 bits per heavy atom. The van der Waals surface area contributed by atoms with Crippen molar-refractivity contribution in [3.8, 4) is 0 Å². The highest BCUT2D eigenvalue weighted by atomic mass is 16.2. The van der Waals surface area contributed by atoms with Crippen molar-refractivity contribution in [2.24, 2.45) is 7.05 Å². The summed E-state index contributed by atoms with van der Waals surface area (Å²) >= 11 is 0. The summed E-state index contributed by atoms with van der Waals surface area (Å²) in [6.07, 6.45) is 10.9. The van der Waals surface area contributed by atoms with E-state index in [9.17, 15) is 9.59 Å². The fraction of sp³-hybridized carbons (Fsp3) is 0.333. The van der Waals surface area contributed by atoms with Crippen molar-refractivity contribution >= 4 is 5.91 Å². The summed E-state index contributed by atoms with van der Waals surface area (Å²) in [5.41, 5.74) is 1.59. The van der Waals surface area contributed by atoms with Crippen LogP contribution < -0.4 is 5.56 Å². The largest absolute Gasteiger partial charge is 0.338 e. The Kier molecular flexibility index (Phi) is 5.06. The summed E-state index contributed by atoms with van der Waals surface area (Å²) in [6.45, 7) is 2.10. The number of aryl methyl sites for hydroxylation is 1. The van der Waals surface area contributed by atoms with Crippen molar-refractivity contribution in [3.63, 3.8) is 0 Å². The molecule has 1 aliphatic rings. The van der Waals surface area contributed by atoms with Gasteiger partial charge in [0, 0.05) is 69.7 Å². The number of rotatable bonds is 4. The Balaban J connectivity index is 1.51. The molecule has 1 atom stereocenters. The molecule has 1 aliphatic heterocycles. The summed E-state index contributed by atoms with van der Waals surface area (Å²) in [5.74, 6) is 1.17. The van der Waals surface area contributed by atoms with E-state index in [2.05, 4.69) is 14.5 Å². The third kappa shape index (κ3) is 3.74. The van der Waals surface area contributed by atoms with E-state index in [0.717, 1.165) is 31.8 Å². The van der Waals surface area contributed by atoms with E-state index < -0.39 is 0 Å². The first-order valence-electron chi connectivity index (χ1n) is 9.48. The molecule has 7 nitrogen and oxygen atoms in total. The Bertz CT molecular complexity index is 1020. The first-order chi connectivity index (χ1) is 13.6. The van der Waals surface area contributed by atoms with Crippen LogP contribution in [0.15, 0.2) is 60.0 Å². The maximum Gasteiger partial charge on any atom is 0.255 e. The second-order valence-corrected chi connectivity index (χ2v) is 7.23. The lowest BCUT2D eigenvalue weighted by Gasteiger charge is -2.32. The van der Waals surface area contributed by atoms with Gasteiger partial charge in [0.25, 0.3) is 5.91 Å². The van der Waals surface area contributed by atoms with Crippen LogP contribution in [0.1, 0.15) is 40.5 Å². The Morgan fingerprint density at radius 3 is 2.79 bits per heavy atom. The van der Waals surface area contributed by atoms with E-state index >= 15 is 0 Å². The van der Waals surface area contributed by atoms with Gasteiger partial charge in [0.2, 0.25) is 5.56 Å². The fourth-order valence-electron chi connectivity index (χ4n) is 3.77. The lowest BCUT2D eigenvalue weighted by Crippen LogP contribution is -2.40. The molecule has 0 bridgehead atoms. The number of hydrogen-bond donors (Lipinski definition) is 0. The van der Waals surface area contributed by atoms with Gasteiger partial charge in [-0.1, -0.05) is 0 Å². The Morgan fingerprint density at radius 2 is 2.00 bits per heavy atom. The molecular weight excluding hydrogens is 354 g/mol. The zero-order valence-corrected chi connectivity index (χ0v) is 15.9. The molecule has 0 N–H and O–H groups in total. The molecule has 4 rings (SSSR count). The quantitative estimate of drug-likeness (QED) is 0.698. The van der Waals surface area contributed by atoms with Crippen LogP contribution in [0.2, 0.25) is 0 Å². The smallest absolute Gasteiger partial charge is 0.255 e. The molecule has 28 heavy (non-hydrogen) atoms. The lowest BCUT2D eigenvalue weighted by molar-refractivity contribution is 0.0702. The minimum atomic E-state index is -0.119. The van der Waals surface area contributed by atoms with Crippen LogP contribution in [-0.4, -0.2) is 43.0 Å². The topological polar surface area (TPSA) is 73.0 Å². The number of carbonyl (C=O) groups is 1. The van der Waals surface area contributed by atoms with Gasteiger partial charge in [-0.15, -0.1) is 0 Å². The van der Waals surface area contributed by atoms with Gasteiger partial charge in [0.1, 0.15) is 5.82 Å². The van der Waals surface area contributed by atoms with Gasteiger partial charge in [-0.25, -0.2) is 4.98 Å². The molecule has 0 aromatic carbocycles. The van der Waals surface area contributed by atoms with E-state index in [1.54, 1.807) is 31.7 Å². The molecule has 1 amide bonds. The normalized spacial score (nSPS) is 16.9. The van der Waals surface area contributed by atoms with Crippen LogP contribution in [0.25, 0.3) is 0 Å². The number of imidazole rings is 1. The molecule has 7 heteroatoms. The van der Waals surface area contributed by atoms with Gasteiger partial charge in [-0.2, -0.15) is 0 Å². The van der Waals surface area contributed by atoms with Gasteiger partial charge in [0.05, 0.1) is 5.56 Å². The van der Waals surface area contributed by atoms with Gasteiger partial charge in [-0.3, -0.25) is 14.6 Å². The molecule has 144 valence electrons. The molecule has 4 heterocycles. The number of amides is 1. The molecule has 0 spiro atoms. The minimum absolute atomic E-state index is 0.0347. The highest BCUT2D eigenvalue weighted by Crippen LogP contribution is 2.27.